The largest absolute Gasteiger partial charge is 0.475 e. The van der Waals surface area contributed by atoms with Crippen molar-refractivity contribution in [1.29, 1.82) is 0 Å². The minimum absolute atomic E-state index is 0.237. The van der Waals surface area contributed by atoms with Gasteiger partial charge in [-0.15, -0.1) is 0 Å². The van der Waals surface area contributed by atoms with Gasteiger partial charge in [0.15, 0.2) is 0 Å². The molecule has 0 bridgehead atoms. The van der Waals surface area contributed by atoms with Crippen LogP contribution in [0.15, 0.2) is 61.1 Å². The van der Waals surface area contributed by atoms with Gasteiger partial charge in [0.05, 0.1) is 13.2 Å². The molecule has 152 valence electrons. The Labute approximate surface area is 169 Å². The Bertz CT molecular complexity index is 882. The molecule has 0 fully saturated rings. The number of aromatic nitrogens is 3. The maximum atomic E-state index is 12.2. The van der Waals surface area contributed by atoms with Gasteiger partial charge in [0, 0.05) is 44.9 Å². The maximum absolute atomic E-state index is 12.2. The molecule has 8 nitrogen and oxygen atoms in total. The molecule has 0 spiro atoms. The van der Waals surface area contributed by atoms with Crippen molar-refractivity contribution in [3.05, 3.63) is 77.7 Å². The third-order valence-electron chi connectivity index (χ3n) is 4.24. The molecule has 1 aromatic carbocycles. The highest BCUT2D eigenvalue weighted by Gasteiger charge is 2.06. The highest BCUT2D eigenvalue weighted by atomic mass is 16.5. The van der Waals surface area contributed by atoms with Gasteiger partial charge in [0.2, 0.25) is 5.88 Å². The number of hydrogen-bond acceptors (Lipinski definition) is 5. The van der Waals surface area contributed by atoms with Crippen LogP contribution in [-0.2, 0) is 24.4 Å². The zero-order valence-electron chi connectivity index (χ0n) is 16.4. The monoisotopic (exact) mass is 395 g/mol. The van der Waals surface area contributed by atoms with E-state index < -0.39 is 0 Å². The lowest BCUT2D eigenvalue weighted by Gasteiger charge is -2.12. The zero-order valence-corrected chi connectivity index (χ0v) is 16.4. The van der Waals surface area contributed by atoms with E-state index in [1.54, 1.807) is 25.6 Å². The zero-order chi connectivity index (χ0) is 20.3. The van der Waals surface area contributed by atoms with Gasteiger partial charge in [-0.3, -0.25) is 4.68 Å². The Kier molecular flexibility index (Phi) is 7.59. The Balaban J connectivity index is 1.44. The van der Waals surface area contributed by atoms with Crippen LogP contribution in [0.4, 0.5) is 4.79 Å². The van der Waals surface area contributed by atoms with Crippen LogP contribution in [0.1, 0.15) is 16.7 Å². The molecule has 0 radical (unpaired) electrons. The fraction of sp³-hybridized carbons (Fsp3) is 0.286. The predicted octanol–water partition coefficient (Wildman–Crippen LogP) is 2.35. The van der Waals surface area contributed by atoms with Crippen molar-refractivity contribution in [2.24, 2.45) is 0 Å². The molecule has 2 N–H and O–H groups in total. The van der Waals surface area contributed by atoms with Crippen LogP contribution in [-0.4, -0.2) is 41.1 Å². The van der Waals surface area contributed by atoms with Gasteiger partial charge in [-0.1, -0.05) is 30.3 Å². The minimum atomic E-state index is -0.237. The molecule has 0 saturated heterocycles. The van der Waals surface area contributed by atoms with Crippen LogP contribution in [0.3, 0.4) is 0 Å². The summed E-state index contributed by atoms with van der Waals surface area (Å²) >= 11 is 0. The average molecular weight is 395 g/mol. The van der Waals surface area contributed by atoms with Crippen molar-refractivity contribution in [1.82, 2.24) is 25.4 Å². The first-order valence-electron chi connectivity index (χ1n) is 9.37. The van der Waals surface area contributed by atoms with E-state index in [0.29, 0.717) is 38.7 Å². The number of methoxy groups -OCH3 is 1. The smallest absolute Gasteiger partial charge is 0.315 e. The van der Waals surface area contributed by atoms with Crippen LogP contribution in [0.25, 0.3) is 0 Å². The van der Waals surface area contributed by atoms with E-state index in [1.807, 2.05) is 47.3 Å². The molecule has 8 heteroatoms. The van der Waals surface area contributed by atoms with E-state index in [9.17, 15) is 4.79 Å². The summed E-state index contributed by atoms with van der Waals surface area (Å²) < 4.78 is 12.2. The predicted molar refractivity (Wildman–Crippen MR) is 108 cm³/mol. The molecule has 0 aliphatic heterocycles. The van der Waals surface area contributed by atoms with Gasteiger partial charge >= 0.3 is 6.03 Å². The molecule has 0 aliphatic rings. The molecule has 2 heterocycles. The number of hydrogen-bond donors (Lipinski definition) is 2. The summed E-state index contributed by atoms with van der Waals surface area (Å²) in [6.07, 6.45) is 5.35. The van der Waals surface area contributed by atoms with Gasteiger partial charge in [-0.25, -0.2) is 9.78 Å². The van der Waals surface area contributed by atoms with Gasteiger partial charge < -0.3 is 20.1 Å². The van der Waals surface area contributed by atoms with Crippen molar-refractivity contribution in [3.63, 3.8) is 0 Å². The van der Waals surface area contributed by atoms with E-state index in [0.717, 1.165) is 16.7 Å². The van der Waals surface area contributed by atoms with Gasteiger partial charge in [-0.05, 0) is 22.8 Å². The van der Waals surface area contributed by atoms with Gasteiger partial charge in [-0.2, -0.15) is 5.10 Å². The standard InChI is InChI=1S/C21H25N5O3/c1-28-11-12-29-20-8-7-17(13-22-20)14-23-21(27)24-15-18-5-2-3-6-19(18)16-26-10-4-9-25-26/h2-10,13H,11-12,14-16H2,1H3,(H2,23,24,27). The van der Waals surface area contributed by atoms with E-state index >= 15 is 0 Å². The number of carbonyl (C=O) groups excluding carboxylic acids is 1. The minimum Gasteiger partial charge on any atom is -0.475 e. The Morgan fingerprint density at radius 2 is 1.86 bits per heavy atom. The number of carbonyl (C=O) groups is 1. The second kappa shape index (κ2) is 10.8. The van der Waals surface area contributed by atoms with Crippen molar-refractivity contribution in [2.75, 3.05) is 20.3 Å². The Morgan fingerprint density at radius 3 is 2.59 bits per heavy atom. The van der Waals surface area contributed by atoms with E-state index in [1.165, 1.54) is 0 Å². The number of benzene rings is 1. The van der Waals surface area contributed by atoms with Gasteiger partial charge in [0.25, 0.3) is 0 Å². The molecule has 3 rings (SSSR count). The summed E-state index contributed by atoms with van der Waals surface area (Å²) in [7, 11) is 1.62. The number of nitrogens with zero attached hydrogens (tertiary/aromatic N) is 3. The molecule has 3 aromatic rings. The number of pyridine rings is 1. The SMILES string of the molecule is COCCOc1ccc(CNC(=O)NCc2ccccc2Cn2cccn2)cn1. The first-order chi connectivity index (χ1) is 14.2. The van der Waals surface area contributed by atoms with Crippen molar-refractivity contribution in [2.45, 2.75) is 19.6 Å². The van der Waals surface area contributed by atoms with E-state index in [2.05, 4.69) is 20.7 Å². The average Bonchev–Trinajstić information content (AvgIpc) is 3.26. The molecule has 0 atom stereocenters. The fourth-order valence-corrected chi connectivity index (χ4v) is 2.70. The summed E-state index contributed by atoms with van der Waals surface area (Å²) in [5, 5.41) is 9.97. The molecule has 0 saturated carbocycles. The second-order valence-electron chi connectivity index (χ2n) is 6.35. The lowest BCUT2D eigenvalue weighted by molar-refractivity contribution is 0.143. The highest BCUT2D eigenvalue weighted by molar-refractivity contribution is 5.73. The van der Waals surface area contributed by atoms with Crippen molar-refractivity contribution in [3.8, 4) is 5.88 Å². The summed E-state index contributed by atoms with van der Waals surface area (Å²) in [4.78, 5) is 16.4. The lowest BCUT2D eigenvalue weighted by Crippen LogP contribution is -2.34. The Morgan fingerprint density at radius 1 is 1.03 bits per heavy atom. The van der Waals surface area contributed by atoms with Crippen LogP contribution in [0, 0.1) is 0 Å². The molecular formula is C21H25N5O3. The fourth-order valence-electron chi connectivity index (χ4n) is 2.70. The molecule has 2 aromatic heterocycles. The number of amides is 2. The molecule has 29 heavy (non-hydrogen) atoms. The highest BCUT2D eigenvalue weighted by Crippen LogP contribution is 2.10. The molecule has 0 aliphatic carbocycles. The summed E-state index contributed by atoms with van der Waals surface area (Å²) in [5.74, 6) is 0.532. The van der Waals surface area contributed by atoms with Crippen molar-refractivity contribution >= 4 is 6.03 Å². The first kappa shape index (κ1) is 20.3. The lowest BCUT2D eigenvalue weighted by atomic mass is 10.1. The van der Waals surface area contributed by atoms with Crippen LogP contribution in [0.2, 0.25) is 0 Å². The molecule has 2 amide bonds. The summed E-state index contributed by atoms with van der Waals surface area (Å²) in [6, 6.07) is 13.3. The van der Waals surface area contributed by atoms with Crippen LogP contribution < -0.4 is 15.4 Å². The van der Waals surface area contributed by atoms with Gasteiger partial charge in [0.1, 0.15) is 6.61 Å². The maximum Gasteiger partial charge on any atom is 0.315 e. The van der Waals surface area contributed by atoms with E-state index in [-0.39, 0.29) is 6.03 Å². The third kappa shape index (κ3) is 6.62. The number of urea groups is 1. The summed E-state index contributed by atoms with van der Waals surface area (Å²) in [5.41, 5.74) is 3.06. The number of rotatable bonds is 10. The quantitative estimate of drug-likeness (QED) is 0.514. The topological polar surface area (TPSA) is 90.3 Å². The second-order valence-corrected chi connectivity index (χ2v) is 6.35. The first-order valence-corrected chi connectivity index (χ1v) is 9.37. The van der Waals surface area contributed by atoms with Crippen LogP contribution in [0.5, 0.6) is 5.88 Å². The molecular weight excluding hydrogens is 370 g/mol. The Hall–Kier alpha value is -3.39. The number of ether oxygens (including phenoxy) is 2. The number of nitrogens with one attached hydrogen (secondary N) is 2. The van der Waals surface area contributed by atoms with Crippen molar-refractivity contribution < 1.29 is 14.3 Å². The van der Waals surface area contributed by atoms with Crippen LogP contribution >= 0.6 is 0 Å². The normalized spacial score (nSPS) is 10.5. The third-order valence-corrected chi connectivity index (χ3v) is 4.24. The summed E-state index contributed by atoms with van der Waals surface area (Å²) in [6.45, 7) is 2.44. The van der Waals surface area contributed by atoms with E-state index in [4.69, 9.17) is 9.47 Å². The molecule has 0 unspecified atom stereocenters.